The molecule has 9 heteroatoms. The maximum absolute atomic E-state index is 12.9. The second-order valence-electron chi connectivity index (χ2n) is 6.77. The molecular formula is C20H23BrN2O6. The van der Waals surface area contributed by atoms with Crippen molar-refractivity contribution in [2.75, 3.05) is 11.9 Å². The van der Waals surface area contributed by atoms with Crippen LogP contribution in [0.2, 0.25) is 0 Å². The first-order valence-electron chi connectivity index (χ1n) is 9.04. The van der Waals surface area contributed by atoms with Crippen LogP contribution in [0, 0.1) is 10.1 Å². The number of carbonyl (C=O) groups excluding carboxylic acids is 2. The van der Waals surface area contributed by atoms with E-state index in [9.17, 15) is 19.7 Å². The van der Waals surface area contributed by atoms with Gasteiger partial charge in [0.15, 0.2) is 0 Å². The van der Waals surface area contributed by atoms with E-state index in [-0.39, 0.29) is 29.5 Å². The molecule has 0 radical (unpaired) electrons. The van der Waals surface area contributed by atoms with Crippen LogP contribution in [0.1, 0.15) is 39.2 Å². The molecule has 1 aliphatic rings. The number of carbonyl (C=O) groups is 2. The normalized spacial score (nSPS) is 16.6. The molecule has 1 aromatic rings. The summed E-state index contributed by atoms with van der Waals surface area (Å²) in [7, 11) is 0. The zero-order chi connectivity index (χ0) is 21.7. The molecule has 29 heavy (non-hydrogen) atoms. The summed E-state index contributed by atoms with van der Waals surface area (Å²) in [5.74, 6) is -2.06. The fourth-order valence-electron chi connectivity index (χ4n) is 3.17. The van der Waals surface area contributed by atoms with Crippen molar-refractivity contribution in [3.8, 4) is 0 Å². The van der Waals surface area contributed by atoms with Crippen molar-refractivity contribution < 1.29 is 24.0 Å². The monoisotopic (exact) mass is 466 g/mol. The molecule has 0 fully saturated rings. The lowest BCUT2D eigenvalue weighted by molar-refractivity contribution is -0.384. The van der Waals surface area contributed by atoms with Gasteiger partial charge in [-0.15, -0.1) is 0 Å². The van der Waals surface area contributed by atoms with Crippen LogP contribution in [-0.2, 0) is 19.1 Å². The van der Waals surface area contributed by atoms with E-state index >= 15 is 0 Å². The van der Waals surface area contributed by atoms with Crippen molar-refractivity contribution in [3.05, 3.63) is 62.5 Å². The van der Waals surface area contributed by atoms with E-state index < -0.39 is 22.8 Å². The average molecular weight is 467 g/mol. The lowest BCUT2D eigenvalue weighted by atomic mass is 9.80. The molecule has 1 aliphatic heterocycles. The summed E-state index contributed by atoms with van der Waals surface area (Å²) in [5.41, 5.74) is 1.76. The molecule has 156 valence electrons. The highest BCUT2D eigenvalue weighted by Gasteiger charge is 2.38. The first-order valence-corrected chi connectivity index (χ1v) is 10.2. The van der Waals surface area contributed by atoms with E-state index in [0.29, 0.717) is 22.3 Å². The Morgan fingerprint density at radius 1 is 1.21 bits per heavy atom. The van der Waals surface area contributed by atoms with Gasteiger partial charge < -0.3 is 14.8 Å². The number of nitrogens with zero attached hydrogens (tertiary/aromatic N) is 1. The molecule has 0 amide bonds. The summed E-state index contributed by atoms with van der Waals surface area (Å²) in [6.45, 7) is 6.98. The summed E-state index contributed by atoms with van der Waals surface area (Å²) in [6, 6.07) is 5.88. The number of non-ortho nitro benzene ring substituents is 1. The molecule has 0 saturated carbocycles. The quantitative estimate of drug-likeness (QED) is 0.282. The predicted octanol–water partition coefficient (Wildman–Crippen LogP) is 3.72. The van der Waals surface area contributed by atoms with Gasteiger partial charge in [-0.05, 0) is 33.3 Å². The van der Waals surface area contributed by atoms with Crippen LogP contribution in [0.3, 0.4) is 0 Å². The highest BCUT2D eigenvalue weighted by Crippen LogP contribution is 2.40. The van der Waals surface area contributed by atoms with E-state index in [0.717, 1.165) is 0 Å². The number of halogens is 1. The summed E-state index contributed by atoms with van der Waals surface area (Å²) >= 11 is 3.21. The number of alkyl halides is 1. The van der Waals surface area contributed by atoms with Gasteiger partial charge in [-0.1, -0.05) is 28.1 Å². The predicted molar refractivity (Wildman–Crippen MR) is 110 cm³/mol. The molecule has 1 aromatic carbocycles. The number of hydrogen-bond acceptors (Lipinski definition) is 7. The van der Waals surface area contributed by atoms with Gasteiger partial charge in [-0.25, -0.2) is 9.59 Å². The number of benzene rings is 1. The molecule has 1 heterocycles. The average Bonchev–Trinajstić information content (AvgIpc) is 2.64. The standard InChI is InChI=1S/C20H23BrN2O6/c1-11(2)29-20(25)17-13(4)22-12(3)16(19(24)28-9-8-21)18(17)14-6-5-7-15(10-14)23(26)27/h5-7,10-11,18,22H,8-9H2,1-4H3. The first kappa shape index (κ1) is 22.6. The molecule has 2 rings (SSSR count). The van der Waals surface area contributed by atoms with Gasteiger partial charge in [-0.2, -0.15) is 0 Å². The number of hydrogen-bond donors (Lipinski definition) is 1. The summed E-state index contributed by atoms with van der Waals surface area (Å²) in [5, 5.41) is 14.8. The summed E-state index contributed by atoms with van der Waals surface area (Å²) < 4.78 is 10.7. The van der Waals surface area contributed by atoms with Crippen molar-refractivity contribution >= 4 is 33.6 Å². The Balaban J connectivity index is 2.65. The van der Waals surface area contributed by atoms with Gasteiger partial charge in [0, 0.05) is 28.9 Å². The topological polar surface area (TPSA) is 108 Å². The maximum atomic E-state index is 12.9. The number of ether oxygens (including phenoxy) is 2. The first-order chi connectivity index (χ1) is 13.7. The second kappa shape index (κ2) is 9.69. The van der Waals surface area contributed by atoms with Crippen LogP contribution in [0.4, 0.5) is 5.69 Å². The van der Waals surface area contributed by atoms with Crippen LogP contribution in [0.25, 0.3) is 0 Å². The fraction of sp³-hybridized carbons (Fsp3) is 0.400. The van der Waals surface area contributed by atoms with E-state index in [1.807, 2.05) is 0 Å². The van der Waals surface area contributed by atoms with Gasteiger partial charge in [-0.3, -0.25) is 10.1 Å². The van der Waals surface area contributed by atoms with Crippen molar-refractivity contribution in [1.82, 2.24) is 5.32 Å². The van der Waals surface area contributed by atoms with Crippen molar-refractivity contribution in [2.24, 2.45) is 0 Å². The molecule has 0 aliphatic carbocycles. The van der Waals surface area contributed by atoms with Crippen LogP contribution in [-0.4, -0.2) is 34.9 Å². The fourth-order valence-corrected chi connectivity index (χ4v) is 3.33. The maximum Gasteiger partial charge on any atom is 0.337 e. The van der Waals surface area contributed by atoms with E-state index in [2.05, 4.69) is 21.2 Å². The van der Waals surface area contributed by atoms with Crippen molar-refractivity contribution in [2.45, 2.75) is 39.7 Å². The zero-order valence-electron chi connectivity index (χ0n) is 16.7. The molecular weight excluding hydrogens is 444 g/mol. The number of nitro groups is 1. The number of nitro benzene ring substituents is 1. The molecule has 0 spiro atoms. The van der Waals surface area contributed by atoms with Gasteiger partial charge in [0.2, 0.25) is 0 Å². The number of esters is 2. The Morgan fingerprint density at radius 2 is 1.83 bits per heavy atom. The Labute approximate surface area is 177 Å². The molecule has 1 atom stereocenters. The third kappa shape index (κ3) is 5.23. The van der Waals surface area contributed by atoms with Crippen LogP contribution < -0.4 is 5.32 Å². The van der Waals surface area contributed by atoms with Crippen LogP contribution >= 0.6 is 15.9 Å². The molecule has 1 N–H and O–H groups in total. The Bertz CT molecular complexity index is 891. The minimum atomic E-state index is -0.856. The lowest BCUT2D eigenvalue weighted by Crippen LogP contribution is -2.33. The van der Waals surface area contributed by atoms with Crippen LogP contribution in [0.5, 0.6) is 0 Å². The third-order valence-electron chi connectivity index (χ3n) is 4.27. The number of allylic oxidation sites excluding steroid dienone is 2. The number of dihydropyridines is 1. The Hall–Kier alpha value is -2.68. The number of rotatable bonds is 7. The highest BCUT2D eigenvalue weighted by atomic mass is 79.9. The molecule has 1 unspecified atom stereocenters. The van der Waals surface area contributed by atoms with Gasteiger partial charge in [0.1, 0.15) is 6.61 Å². The van der Waals surface area contributed by atoms with E-state index in [1.54, 1.807) is 33.8 Å². The summed E-state index contributed by atoms with van der Waals surface area (Å²) in [6.07, 6.45) is -0.371. The smallest absolute Gasteiger partial charge is 0.337 e. The largest absolute Gasteiger partial charge is 0.461 e. The second-order valence-corrected chi connectivity index (χ2v) is 7.56. The Kier molecular flexibility index (Phi) is 7.55. The minimum Gasteiger partial charge on any atom is -0.461 e. The highest BCUT2D eigenvalue weighted by molar-refractivity contribution is 9.09. The SMILES string of the molecule is CC1=C(C(=O)OCCBr)C(c2cccc([N+](=O)[O-])c2)C(C(=O)OC(C)C)=C(C)N1. The van der Waals surface area contributed by atoms with Crippen molar-refractivity contribution in [1.29, 1.82) is 0 Å². The summed E-state index contributed by atoms with van der Waals surface area (Å²) in [4.78, 5) is 36.4. The van der Waals surface area contributed by atoms with Gasteiger partial charge >= 0.3 is 11.9 Å². The zero-order valence-corrected chi connectivity index (χ0v) is 18.2. The molecule has 0 saturated heterocycles. The van der Waals surface area contributed by atoms with E-state index in [4.69, 9.17) is 9.47 Å². The van der Waals surface area contributed by atoms with E-state index in [1.165, 1.54) is 18.2 Å². The molecule has 0 aromatic heterocycles. The number of nitrogens with one attached hydrogen (secondary N) is 1. The molecule has 8 nitrogen and oxygen atoms in total. The van der Waals surface area contributed by atoms with Gasteiger partial charge in [0.05, 0.1) is 28.1 Å². The van der Waals surface area contributed by atoms with Crippen molar-refractivity contribution in [3.63, 3.8) is 0 Å². The minimum absolute atomic E-state index is 0.138. The Morgan fingerprint density at radius 3 is 2.38 bits per heavy atom. The molecule has 0 bridgehead atoms. The van der Waals surface area contributed by atoms with Gasteiger partial charge in [0.25, 0.3) is 5.69 Å². The van der Waals surface area contributed by atoms with Crippen LogP contribution in [0.15, 0.2) is 46.8 Å². The lowest BCUT2D eigenvalue weighted by Gasteiger charge is -2.30. The third-order valence-corrected chi connectivity index (χ3v) is 4.59.